The fraction of sp³-hybridized carbons (Fsp3) is 0.278. The fourth-order valence-corrected chi connectivity index (χ4v) is 3.02. The number of benzene rings is 2. The topological polar surface area (TPSA) is 30.8 Å². The van der Waals surface area contributed by atoms with Crippen LogP contribution in [-0.4, -0.2) is 17.3 Å². The van der Waals surface area contributed by atoms with E-state index in [0.717, 1.165) is 34.4 Å². The van der Waals surface area contributed by atoms with Gasteiger partial charge in [0.2, 0.25) is 0 Å². The number of hydrogen-bond acceptors (Lipinski definition) is 4. The summed E-state index contributed by atoms with van der Waals surface area (Å²) in [6.07, 6.45) is 2.12. The number of thiocarbonyl (C=S) groups is 1. The minimum absolute atomic E-state index is 0.263. The minimum Gasteiger partial charge on any atom is -0.457 e. The highest BCUT2D eigenvalue weighted by Gasteiger charge is 2.29. The third-order valence-electron chi connectivity index (χ3n) is 3.78. The highest BCUT2D eigenvalue weighted by Crippen LogP contribution is 2.30. The average Bonchev–Trinajstić information content (AvgIpc) is 2.52. The van der Waals surface area contributed by atoms with Gasteiger partial charge < -0.3 is 9.47 Å². The molecule has 0 bridgehead atoms. The molecule has 118 valence electrons. The van der Waals surface area contributed by atoms with Crippen molar-refractivity contribution < 1.29 is 9.47 Å². The Morgan fingerprint density at radius 2 is 1.91 bits per heavy atom. The molecule has 0 aromatic heterocycles. The zero-order chi connectivity index (χ0) is 16.1. The molecule has 0 heterocycles. The van der Waals surface area contributed by atoms with Crippen molar-refractivity contribution in [2.24, 2.45) is 4.99 Å². The molecule has 23 heavy (non-hydrogen) atoms. The van der Waals surface area contributed by atoms with Gasteiger partial charge >= 0.3 is 0 Å². The second kappa shape index (κ2) is 7.84. The zero-order valence-electron chi connectivity index (χ0n) is 12.4. The Bertz CT molecular complexity index is 710. The summed E-state index contributed by atoms with van der Waals surface area (Å²) < 4.78 is 12.7. The van der Waals surface area contributed by atoms with Crippen molar-refractivity contribution >= 4 is 33.3 Å². The highest BCUT2D eigenvalue weighted by molar-refractivity contribution is 9.10. The lowest BCUT2D eigenvalue weighted by Gasteiger charge is -2.31. The van der Waals surface area contributed by atoms with Gasteiger partial charge in [-0.3, -0.25) is 0 Å². The Morgan fingerprint density at radius 3 is 2.61 bits per heavy atom. The Hall–Kier alpha value is -1.52. The molecule has 0 amide bonds. The largest absolute Gasteiger partial charge is 0.457 e. The molecule has 3 nitrogen and oxygen atoms in total. The molecule has 0 N–H and O–H groups in total. The summed E-state index contributed by atoms with van der Waals surface area (Å²) in [5.74, 6) is 1.62. The number of isothiocyanates is 1. The Kier molecular flexibility index (Phi) is 5.57. The van der Waals surface area contributed by atoms with E-state index in [9.17, 15) is 0 Å². The van der Waals surface area contributed by atoms with Crippen molar-refractivity contribution in [1.82, 2.24) is 0 Å². The molecule has 1 aliphatic carbocycles. The van der Waals surface area contributed by atoms with Crippen molar-refractivity contribution in [1.29, 1.82) is 0 Å². The van der Waals surface area contributed by atoms with Gasteiger partial charge in [0.25, 0.3) is 0 Å². The molecule has 2 aromatic rings. The van der Waals surface area contributed by atoms with Crippen LogP contribution >= 0.6 is 28.1 Å². The summed E-state index contributed by atoms with van der Waals surface area (Å²) >= 11 is 8.19. The van der Waals surface area contributed by atoms with Crippen LogP contribution in [-0.2, 0) is 11.3 Å². The third kappa shape index (κ3) is 4.49. The monoisotopic (exact) mass is 389 g/mol. The third-order valence-corrected chi connectivity index (χ3v) is 4.63. The SMILES string of the molecule is S=C=NC1CC(OCc2ccc(Oc3ccccc3)cc2Br)C1. The number of nitrogens with zero attached hydrogens (tertiary/aromatic N) is 1. The number of rotatable bonds is 6. The van der Waals surface area contributed by atoms with E-state index in [1.807, 2.05) is 48.5 Å². The van der Waals surface area contributed by atoms with Crippen LogP contribution in [0.5, 0.6) is 11.5 Å². The van der Waals surface area contributed by atoms with E-state index in [2.05, 4.69) is 38.3 Å². The van der Waals surface area contributed by atoms with Crippen LogP contribution in [0.1, 0.15) is 18.4 Å². The molecule has 1 aliphatic rings. The first kappa shape index (κ1) is 16.3. The minimum atomic E-state index is 0.263. The van der Waals surface area contributed by atoms with Crippen LogP contribution in [0.4, 0.5) is 0 Å². The first-order chi connectivity index (χ1) is 11.2. The first-order valence-electron chi connectivity index (χ1n) is 7.44. The number of ether oxygens (including phenoxy) is 2. The van der Waals surface area contributed by atoms with Crippen molar-refractivity contribution in [3.05, 3.63) is 58.6 Å². The zero-order valence-corrected chi connectivity index (χ0v) is 14.8. The molecule has 0 atom stereocenters. The van der Waals surface area contributed by atoms with Crippen LogP contribution in [0.25, 0.3) is 0 Å². The van der Waals surface area contributed by atoms with E-state index in [1.54, 1.807) is 0 Å². The molecule has 1 saturated carbocycles. The van der Waals surface area contributed by atoms with Gasteiger partial charge in [0.1, 0.15) is 11.5 Å². The molecule has 0 spiro atoms. The van der Waals surface area contributed by atoms with E-state index >= 15 is 0 Å². The van der Waals surface area contributed by atoms with Crippen molar-refractivity contribution in [2.45, 2.75) is 31.6 Å². The van der Waals surface area contributed by atoms with Crippen LogP contribution < -0.4 is 4.74 Å². The molecular weight excluding hydrogens is 374 g/mol. The molecule has 0 unspecified atom stereocenters. The second-order valence-electron chi connectivity index (χ2n) is 5.45. The lowest BCUT2D eigenvalue weighted by atomic mass is 9.90. The Morgan fingerprint density at radius 1 is 1.13 bits per heavy atom. The molecule has 0 radical (unpaired) electrons. The highest BCUT2D eigenvalue weighted by atomic mass is 79.9. The van der Waals surface area contributed by atoms with Gasteiger partial charge in [0.05, 0.1) is 23.9 Å². The second-order valence-corrected chi connectivity index (χ2v) is 6.48. The predicted molar refractivity (Wildman–Crippen MR) is 97.3 cm³/mol. The first-order valence-corrected chi connectivity index (χ1v) is 8.64. The number of halogens is 1. The summed E-state index contributed by atoms with van der Waals surface area (Å²) in [4.78, 5) is 4.06. The number of aliphatic imine (C=N–C) groups is 1. The molecule has 5 heteroatoms. The van der Waals surface area contributed by atoms with Gasteiger partial charge in [-0.25, -0.2) is 4.99 Å². The maximum atomic E-state index is 5.89. The number of hydrogen-bond donors (Lipinski definition) is 0. The summed E-state index contributed by atoms with van der Waals surface area (Å²) in [5.41, 5.74) is 1.10. The smallest absolute Gasteiger partial charge is 0.128 e. The maximum Gasteiger partial charge on any atom is 0.128 e. The quantitative estimate of drug-likeness (QED) is 0.489. The van der Waals surface area contributed by atoms with Crippen LogP contribution in [0.15, 0.2) is 58.0 Å². The van der Waals surface area contributed by atoms with E-state index in [0.29, 0.717) is 12.6 Å². The maximum absolute atomic E-state index is 5.89. The molecule has 1 fully saturated rings. The van der Waals surface area contributed by atoms with Crippen LogP contribution in [0.3, 0.4) is 0 Å². The van der Waals surface area contributed by atoms with E-state index in [4.69, 9.17) is 9.47 Å². The van der Waals surface area contributed by atoms with Crippen LogP contribution in [0, 0.1) is 0 Å². The van der Waals surface area contributed by atoms with Gasteiger partial charge in [0.15, 0.2) is 0 Å². The Balaban J connectivity index is 1.54. The molecular formula is C18H16BrNO2S. The molecule has 3 rings (SSSR count). The lowest BCUT2D eigenvalue weighted by Crippen LogP contribution is -2.34. The van der Waals surface area contributed by atoms with Crippen molar-refractivity contribution in [3.8, 4) is 11.5 Å². The summed E-state index contributed by atoms with van der Waals surface area (Å²) in [7, 11) is 0. The van der Waals surface area contributed by atoms with Gasteiger partial charge in [-0.05, 0) is 54.9 Å². The molecule has 2 aromatic carbocycles. The molecule has 0 aliphatic heterocycles. The van der Waals surface area contributed by atoms with Crippen molar-refractivity contribution in [2.75, 3.05) is 0 Å². The van der Waals surface area contributed by atoms with Gasteiger partial charge in [-0.15, -0.1) is 0 Å². The molecule has 0 saturated heterocycles. The van der Waals surface area contributed by atoms with E-state index in [1.165, 1.54) is 0 Å². The van der Waals surface area contributed by atoms with Gasteiger partial charge in [-0.2, -0.15) is 0 Å². The van der Waals surface area contributed by atoms with Crippen LogP contribution in [0.2, 0.25) is 0 Å². The lowest BCUT2D eigenvalue weighted by molar-refractivity contribution is -0.0184. The summed E-state index contributed by atoms with van der Waals surface area (Å²) in [5, 5.41) is 2.43. The van der Waals surface area contributed by atoms with E-state index in [-0.39, 0.29) is 6.10 Å². The fourth-order valence-electron chi connectivity index (χ4n) is 2.39. The Labute approximate surface area is 149 Å². The predicted octanol–water partition coefficient (Wildman–Crippen LogP) is 5.39. The van der Waals surface area contributed by atoms with Crippen molar-refractivity contribution in [3.63, 3.8) is 0 Å². The van der Waals surface area contributed by atoms with Gasteiger partial charge in [-0.1, -0.05) is 40.2 Å². The normalized spacial score (nSPS) is 19.5. The van der Waals surface area contributed by atoms with E-state index < -0.39 is 0 Å². The number of para-hydroxylation sites is 1. The standard InChI is InChI=1S/C18H16BrNO2S/c19-18-10-16(22-15-4-2-1-3-5-15)7-6-13(18)11-21-17-8-14(9-17)20-12-23/h1-7,10,14,17H,8-9,11H2. The summed E-state index contributed by atoms with van der Waals surface area (Å²) in [6.45, 7) is 0.574. The summed E-state index contributed by atoms with van der Waals surface area (Å²) in [6, 6.07) is 16.0. The average molecular weight is 390 g/mol. The van der Waals surface area contributed by atoms with Gasteiger partial charge in [0, 0.05) is 4.47 Å².